The standard InChI is InChI=1S/C18H25N3O4/c1-13-15(5-7-24-13)18(22)21-6-4-17(25-9-8-23-3)16(21)10-14-11-19-20(2)12-14/h5,7,11-12,16-17H,4,6,8-10H2,1-3H3/t16-,17+/m1/s1. The van der Waals surface area contributed by atoms with Gasteiger partial charge in [0, 0.05) is 26.9 Å². The molecule has 0 aliphatic carbocycles. The molecule has 1 aliphatic heterocycles. The van der Waals surface area contributed by atoms with Gasteiger partial charge in [-0.25, -0.2) is 0 Å². The summed E-state index contributed by atoms with van der Waals surface area (Å²) in [5.74, 6) is 0.645. The third kappa shape index (κ3) is 3.93. The molecule has 7 nitrogen and oxygen atoms in total. The molecule has 3 rings (SSSR count). The molecule has 2 atom stereocenters. The van der Waals surface area contributed by atoms with E-state index in [1.807, 2.05) is 31.3 Å². The van der Waals surface area contributed by atoms with E-state index in [-0.39, 0.29) is 18.1 Å². The van der Waals surface area contributed by atoms with E-state index in [1.165, 1.54) is 0 Å². The summed E-state index contributed by atoms with van der Waals surface area (Å²) in [5.41, 5.74) is 1.71. The summed E-state index contributed by atoms with van der Waals surface area (Å²) >= 11 is 0. The number of carbonyl (C=O) groups is 1. The molecule has 25 heavy (non-hydrogen) atoms. The SMILES string of the molecule is COCCO[C@H]1CCN(C(=O)c2ccoc2C)[C@@H]1Cc1cnn(C)c1. The minimum atomic E-state index is -0.0251. The van der Waals surface area contributed by atoms with Crippen LogP contribution in [0.15, 0.2) is 29.1 Å². The summed E-state index contributed by atoms with van der Waals surface area (Å²) in [6, 6.07) is 1.71. The highest BCUT2D eigenvalue weighted by molar-refractivity contribution is 5.95. The number of carbonyl (C=O) groups excluding carboxylic acids is 1. The average Bonchev–Trinajstić information content (AvgIpc) is 3.29. The Labute approximate surface area is 147 Å². The summed E-state index contributed by atoms with van der Waals surface area (Å²) < 4.78 is 18.1. The zero-order valence-corrected chi connectivity index (χ0v) is 15.0. The van der Waals surface area contributed by atoms with Crippen LogP contribution in [0.5, 0.6) is 0 Å². The van der Waals surface area contributed by atoms with Crippen molar-refractivity contribution < 1.29 is 18.7 Å². The number of hydrogen-bond donors (Lipinski definition) is 0. The molecule has 0 saturated carbocycles. The molecular weight excluding hydrogens is 322 g/mol. The van der Waals surface area contributed by atoms with Crippen LogP contribution in [-0.2, 0) is 22.9 Å². The minimum Gasteiger partial charge on any atom is -0.469 e. The number of methoxy groups -OCH3 is 1. The maximum atomic E-state index is 13.0. The Morgan fingerprint density at radius 2 is 2.28 bits per heavy atom. The number of likely N-dealkylation sites (tertiary alicyclic amines) is 1. The van der Waals surface area contributed by atoms with Gasteiger partial charge in [-0.05, 0) is 31.4 Å². The van der Waals surface area contributed by atoms with Crippen molar-refractivity contribution in [1.82, 2.24) is 14.7 Å². The van der Waals surface area contributed by atoms with Crippen LogP contribution in [0.2, 0.25) is 0 Å². The predicted molar refractivity (Wildman–Crippen MR) is 91.4 cm³/mol. The summed E-state index contributed by atoms with van der Waals surface area (Å²) in [6.45, 7) is 3.56. The van der Waals surface area contributed by atoms with E-state index in [4.69, 9.17) is 13.9 Å². The van der Waals surface area contributed by atoms with Gasteiger partial charge in [0.05, 0.1) is 43.4 Å². The Balaban J connectivity index is 1.77. The van der Waals surface area contributed by atoms with Gasteiger partial charge in [0.2, 0.25) is 0 Å². The van der Waals surface area contributed by atoms with Crippen molar-refractivity contribution >= 4 is 5.91 Å². The van der Waals surface area contributed by atoms with Crippen molar-refractivity contribution in [2.45, 2.75) is 31.9 Å². The Morgan fingerprint density at radius 1 is 1.44 bits per heavy atom. The molecule has 7 heteroatoms. The first-order chi connectivity index (χ1) is 12.1. The summed E-state index contributed by atoms with van der Waals surface area (Å²) in [6.07, 6.45) is 6.91. The van der Waals surface area contributed by atoms with Gasteiger partial charge in [0.1, 0.15) is 5.76 Å². The topological polar surface area (TPSA) is 69.7 Å². The van der Waals surface area contributed by atoms with Crippen molar-refractivity contribution in [1.29, 1.82) is 0 Å². The average molecular weight is 347 g/mol. The van der Waals surface area contributed by atoms with Crippen LogP contribution < -0.4 is 0 Å². The van der Waals surface area contributed by atoms with E-state index in [1.54, 1.807) is 24.1 Å². The molecule has 0 spiro atoms. The Kier molecular flexibility index (Phi) is 5.55. The van der Waals surface area contributed by atoms with Crippen molar-refractivity contribution in [3.8, 4) is 0 Å². The lowest BCUT2D eigenvalue weighted by molar-refractivity contribution is 0.000470. The van der Waals surface area contributed by atoms with Crippen LogP contribution in [-0.4, -0.2) is 59.6 Å². The van der Waals surface area contributed by atoms with Gasteiger partial charge < -0.3 is 18.8 Å². The monoisotopic (exact) mass is 347 g/mol. The minimum absolute atomic E-state index is 0.00187. The maximum Gasteiger partial charge on any atom is 0.257 e. The fourth-order valence-electron chi connectivity index (χ4n) is 3.38. The van der Waals surface area contributed by atoms with E-state index >= 15 is 0 Å². The van der Waals surface area contributed by atoms with Crippen molar-refractivity contribution in [2.75, 3.05) is 26.9 Å². The Morgan fingerprint density at radius 3 is 2.92 bits per heavy atom. The molecule has 0 N–H and O–H groups in total. The number of rotatable bonds is 7. The summed E-state index contributed by atoms with van der Waals surface area (Å²) in [7, 11) is 3.55. The normalized spacial score (nSPS) is 20.4. The molecule has 3 heterocycles. The molecule has 0 aromatic carbocycles. The number of nitrogens with zero attached hydrogens (tertiary/aromatic N) is 3. The fraction of sp³-hybridized carbons (Fsp3) is 0.556. The Bertz CT molecular complexity index is 709. The lowest BCUT2D eigenvalue weighted by Gasteiger charge is -2.28. The highest BCUT2D eigenvalue weighted by atomic mass is 16.5. The highest BCUT2D eigenvalue weighted by Gasteiger charge is 2.38. The van der Waals surface area contributed by atoms with E-state index in [2.05, 4.69) is 5.10 Å². The molecule has 1 aliphatic rings. The van der Waals surface area contributed by atoms with Gasteiger partial charge in [-0.3, -0.25) is 9.48 Å². The number of amides is 1. The van der Waals surface area contributed by atoms with Crippen LogP contribution in [0.4, 0.5) is 0 Å². The molecule has 1 saturated heterocycles. The largest absolute Gasteiger partial charge is 0.469 e. The molecule has 136 valence electrons. The van der Waals surface area contributed by atoms with Crippen molar-refractivity contribution in [2.24, 2.45) is 7.05 Å². The van der Waals surface area contributed by atoms with Gasteiger partial charge in [-0.15, -0.1) is 0 Å². The number of aromatic nitrogens is 2. The van der Waals surface area contributed by atoms with Crippen LogP contribution in [0, 0.1) is 6.92 Å². The summed E-state index contributed by atoms with van der Waals surface area (Å²) in [4.78, 5) is 14.9. The zero-order valence-electron chi connectivity index (χ0n) is 15.0. The second-order valence-corrected chi connectivity index (χ2v) is 6.37. The first kappa shape index (κ1) is 17.7. The van der Waals surface area contributed by atoms with E-state index < -0.39 is 0 Å². The number of hydrogen-bond acceptors (Lipinski definition) is 5. The van der Waals surface area contributed by atoms with Crippen LogP contribution in [0.25, 0.3) is 0 Å². The van der Waals surface area contributed by atoms with Crippen LogP contribution >= 0.6 is 0 Å². The summed E-state index contributed by atoms with van der Waals surface area (Å²) in [5, 5.41) is 4.23. The fourth-order valence-corrected chi connectivity index (χ4v) is 3.38. The lowest BCUT2D eigenvalue weighted by Crippen LogP contribution is -2.42. The second kappa shape index (κ2) is 7.84. The van der Waals surface area contributed by atoms with Gasteiger partial charge >= 0.3 is 0 Å². The van der Waals surface area contributed by atoms with Crippen LogP contribution in [0.3, 0.4) is 0 Å². The molecule has 2 aromatic rings. The van der Waals surface area contributed by atoms with Crippen LogP contribution in [0.1, 0.15) is 28.1 Å². The third-order valence-electron chi connectivity index (χ3n) is 4.66. The zero-order chi connectivity index (χ0) is 17.8. The predicted octanol–water partition coefficient (Wildman–Crippen LogP) is 1.81. The molecule has 2 aromatic heterocycles. The van der Waals surface area contributed by atoms with Gasteiger partial charge in [-0.2, -0.15) is 5.10 Å². The molecule has 0 radical (unpaired) electrons. The molecule has 0 bridgehead atoms. The van der Waals surface area contributed by atoms with Gasteiger partial charge in [0.15, 0.2) is 0 Å². The first-order valence-electron chi connectivity index (χ1n) is 8.53. The van der Waals surface area contributed by atoms with E-state index in [0.29, 0.717) is 37.5 Å². The maximum absolute atomic E-state index is 13.0. The Hall–Kier alpha value is -2.12. The quantitative estimate of drug-likeness (QED) is 0.715. The van der Waals surface area contributed by atoms with Gasteiger partial charge in [-0.1, -0.05) is 0 Å². The number of furan rings is 1. The van der Waals surface area contributed by atoms with Crippen molar-refractivity contribution in [3.05, 3.63) is 41.6 Å². The smallest absolute Gasteiger partial charge is 0.257 e. The highest BCUT2D eigenvalue weighted by Crippen LogP contribution is 2.27. The van der Waals surface area contributed by atoms with E-state index in [0.717, 1.165) is 12.0 Å². The molecule has 1 fully saturated rings. The molecular formula is C18H25N3O4. The second-order valence-electron chi connectivity index (χ2n) is 6.37. The lowest BCUT2D eigenvalue weighted by atomic mass is 10.0. The molecule has 0 unspecified atom stereocenters. The third-order valence-corrected chi connectivity index (χ3v) is 4.66. The van der Waals surface area contributed by atoms with E-state index in [9.17, 15) is 4.79 Å². The first-order valence-corrected chi connectivity index (χ1v) is 8.53. The number of ether oxygens (including phenoxy) is 2. The number of aryl methyl sites for hydroxylation is 2. The molecule has 1 amide bonds. The van der Waals surface area contributed by atoms with Gasteiger partial charge in [0.25, 0.3) is 5.91 Å². The van der Waals surface area contributed by atoms with Crippen molar-refractivity contribution in [3.63, 3.8) is 0 Å².